The number of fused-ring (bicyclic) bond motifs is 2. The third kappa shape index (κ3) is 2.36. The summed E-state index contributed by atoms with van der Waals surface area (Å²) in [6.45, 7) is 0. The highest BCUT2D eigenvalue weighted by atomic mass is 79.9. The van der Waals surface area contributed by atoms with Crippen LogP contribution in [0.15, 0.2) is 27.1 Å². The Balaban J connectivity index is 1.73. The smallest absolute Gasteiger partial charge is 0.252 e. The van der Waals surface area contributed by atoms with E-state index in [-0.39, 0.29) is 18.1 Å². The summed E-state index contributed by atoms with van der Waals surface area (Å²) in [4.78, 5) is 12.2. The van der Waals surface area contributed by atoms with E-state index in [0.29, 0.717) is 11.7 Å². The molecule has 2 bridgehead atoms. The summed E-state index contributed by atoms with van der Waals surface area (Å²) in [6.07, 6.45) is 3.71. The van der Waals surface area contributed by atoms with Crippen molar-refractivity contribution in [3.05, 3.63) is 32.7 Å². The van der Waals surface area contributed by atoms with Crippen LogP contribution in [-0.2, 0) is 4.74 Å². The normalized spacial score (nSPS) is 29.6. The Morgan fingerprint density at radius 1 is 1.33 bits per heavy atom. The summed E-state index contributed by atoms with van der Waals surface area (Å²) in [5.41, 5.74) is 0.659. The van der Waals surface area contributed by atoms with Gasteiger partial charge >= 0.3 is 0 Å². The van der Waals surface area contributed by atoms with Crippen molar-refractivity contribution in [2.75, 3.05) is 0 Å². The molecule has 0 aliphatic carbocycles. The van der Waals surface area contributed by atoms with Crippen LogP contribution in [0.4, 0.5) is 0 Å². The molecule has 3 unspecified atom stereocenters. The molecule has 0 aromatic heterocycles. The molecule has 18 heavy (non-hydrogen) atoms. The van der Waals surface area contributed by atoms with Crippen LogP contribution in [0.25, 0.3) is 0 Å². The predicted molar refractivity (Wildman–Crippen MR) is 75.6 cm³/mol. The van der Waals surface area contributed by atoms with E-state index in [1.54, 1.807) is 0 Å². The molecular weight excluding hydrogens is 362 g/mol. The van der Waals surface area contributed by atoms with Crippen molar-refractivity contribution in [2.24, 2.45) is 0 Å². The Kier molecular flexibility index (Phi) is 3.47. The highest BCUT2D eigenvalue weighted by Crippen LogP contribution is 2.34. The van der Waals surface area contributed by atoms with Crippen molar-refractivity contribution in [1.82, 2.24) is 5.32 Å². The molecule has 2 fully saturated rings. The van der Waals surface area contributed by atoms with Gasteiger partial charge < -0.3 is 10.1 Å². The maximum Gasteiger partial charge on any atom is 0.252 e. The van der Waals surface area contributed by atoms with Crippen molar-refractivity contribution >= 4 is 37.8 Å². The lowest BCUT2D eigenvalue weighted by Crippen LogP contribution is -2.41. The van der Waals surface area contributed by atoms with Crippen molar-refractivity contribution < 1.29 is 9.53 Å². The molecular formula is C13H13Br2NO2. The number of rotatable bonds is 2. The Labute approximate surface area is 123 Å². The fourth-order valence-electron chi connectivity index (χ4n) is 2.71. The van der Waals surface area contributed by atoms with E-state index in [1.165, 1.54) is 0 Å². The molecule has 1 amide bonds. The first-order valence-corrected chi connectivity index (χ1v) is 7.63. The number of carbonyl (C=O) groups excluding carboxylic acids is 1. The molecule has 0 spiro atoms. The van der Waals surface area contributed by atoms with E-state index in [4.69, 9.17) is 4.74 Å². The molecule has 0 radical (unpaired) electrons. The maximum atomic E-state index is 12.2. The lowest BCUT2D eigenvalue weighted by Gasteiger charge is -2.20. The molecule has 5 heteroatoms. The minimum absolute atomic E-state index is 0.0377. The van der Waals surface area contributed by atoms with Crippen LogP contribution in [0.1, 0.15) is 29.6 Å². The van der Waals surface area contributed by atoms with Crippen molar-refractivity contribution in [3.8, 4) is 0 Å². The van der Waals surface area contributed by atoms with Crippen molar-refractivity contribution in [2.45, 2.75) is 37.5 Å². The monoisotopic (exact) mass is 373 g/mol. The van der Waals surface area contributed by atoms with Gasteiger partial charge in [-0.05, 0) is 53.4 Å². The van der Waals surface area contributed by atoms with E-state index in [9.17, 15) is 4.79 Å². The van der Waals surface area contributed by atoms with Gasteiger partial charge in [0.15, 0.2) is 0 Å². The highest BCUT2D eigenvalue weighted by Gasteiger charge is 2.41. The number of carbonyl (C=O) groups is 1. The summed E-state index contributed by atoms with van der Waals surface area (Å²) in [6, 6.07) is 5.77. The second kappa shape index (κ2) is 4.94. The first-order chi connectivity index (χ1) is 8.63. The lowest BCUT2D eigenvalue weighted by atomic mass is 9.95. The summed E-state index contributed by atoms with van der Waals surface area (Å²) >= 11 is 6.79. The number of hydrogen-bond donors (Lipinski definition) is 1. The topological polar surface area (TPSA) is 38.3 Å². The Hall–Kier alpha value is -0.390. The van der Waals surface area contributed by atoms with Crippen LogP contribution in [0.3, 0.4) is 0 Å². The third-order valence-electron chi connectivity index (χ3n) is 3.60. The van der Waals surface area contributed by atoms with Gasteiger partial charge in [0.25, 0.3) is 5.91 Å². The Morgan fingerprint density at radius 3 is 2.83 bits per heavy atom. The van der Waals surface area contributed by atoms with Gasteiger partial charge in [0.2, 0.25) is 0 Å². The second-order valence-corrected chi connectivity index (χ2v) is 6.58. The molecule has 1 N–H and O–H groups in total. The van der Waals surface area contributed by atoms with Crippen LogP contribution in [0.2, 0.25) is 0 Å². The van der Waals surface area contributed by atoms with Gasteiger partial charge in [-0.2, -0.15) is 0 Å². The molecule has 1 aromatic carbocycles. The van der Waals surface area contributed by atoms with E-state index < -0.39 is 0 Å². The number of benzene rings is 1. The third-order valence-corrected chi connectivity index (χ3v) is 4.78. The maximum absolute atomic E-state index is 12.2. The minimum atomic E-state index is -0.0377. The Bertz CT molecular complexity index is 492. The number of nitrogens with one attached hydrogen (secondary N) is 1. The standard InChI is InChI=1S/C13H13Br2NO2/c14-7-1-3-10(15)9(5-7)13(17)16-11-6-8-2-4-12(11)18-8/h1,3,5,8,11-12H,2,4,6H2,(H,16,17). The van der Waals surface area contributed by atoms with Crippen LogP contribution < -0.4 is 5.32 Å². The average molecular weight is 375 g/mol. The summed E-state index contributed by atoms with van der Waals surface area (Å²) < 4.78 is 7.45. The van der Waals surface area contributed by atoms with Crippen LogP contribution in [0.5, 0.6) is 0 Å². The van der Waals surface area contributed by atoms with E-state index in [2.05, 4.69) is 37.2 Å². The van der Waals surface area contributed by atoms with Gasteiger partial charge in [0.05, 0.1) is 23.8 Å². The summed E-state index contributed by atoms with van der Waals surface area (Å²) in [5, 5.41) is 3.08. The summed E-state index contributed by atoms with van der Waals surface area (Å²) in [7, 11) is 0. The lowest BCUT2D eigenvalue weighted by molar-refractivity contribution is 0.0840. The largest absolute Gasteiger partial charge is 0.373 e. The molecule has 3 nitrogen and oxygen atoms in total. The second-order valence-electron chi connectivity index (χ2n) is 4.81. The van der Waals surface area contributed by atoms with Gasteiger partial charge in [-0.15, -0.1) is 0 Å². The van der Waals surface area contributed by atoms with E-state index in [1.807, 2.05) is 18.2 Å². The van der Waals surface area contributed by atoms with Gasteiger partial charge in [0.1, 0.15) is 0 Å². The van der Waals surface area contributed by atoms with Gasteiger partial charge in [0, 0.05) is 8.95 Å². The molecule has 2 aliphatic heterocycles. The molecule has 96 valence electrons. The van der Waals surface area contributed by atoms with Crippen LogP contribution >= 0.6 is 31.9 Å². The zero-order valence-electron chi connectivity index (χ0n) is 9.66. The van der Waals surface area contributed by atoms with Gasteiger partial charge in [-0.1, -0.05) is 15.9 Å². The van der Waals surface area contributed by atoms with Crippen molar-refractivity contribution in [3.63, 3.8) is 0 Å². The average Bonchev–Trinajstić information content (AvgIpc) is 2.94. The Morgan fingerprint density at radius 2 is 2.17 bits per heavy atom. The molecule has 2 aliphatic rings. The number of hydrogen-bond acceptors (Lipinski definition) is 2. The molecule has 2 saturated heterocycles. The van der Waals surface area contributed by atoms with E-state index in [0.717, 1.165) is 28.2 Å². The molecule has 3 rings (SSSR count). The van der Waals surface area contributed by atoms with Crippen LogP contribution in [0, 0.1) is 0 Å². The number of halogens is 2. The van der Waals surface area contributed by atoms with Gasteiger partial charge in [-0.25, -0.2) is 0 Å². The zero-order valence-corrected chi connectivity index (χ0v) is 12.8. The fraction of sp³-hybridized carbons (Fsp3) is 0.462. The van der Waals surface area contributed by atoms with Gasteiger partial charge in [-0.3, -0.25) is 4.79 Å². The number of amides is 1. The fourth-order valence-corrected chi connectivity index (χ4v) is 3.50. The van der Waals surface area contributed by atoms with Crippen molar-refractivity contribution in [1.29, 1.82) is 0 Å². The number of ether oxygens (including phenoxy) is 1. The van der Waals surface area contributed by atoms with E-state index >= 15 is 0 Å². The SMILES string of the molecule is O=C(NC1CC2CCC1O2)c1cc(Br)ccc1Br. The quantitative estimate of drug-likeness (QED) is 0.862. The minimum Gasteiger partial charge on any atom is -0.373 e. The molecule has 1 aromatic rings. The zero-order chi connectivity index (χ0) is 12.7. The molecule has 3 atom stereocenters. The highest BCUT2D eigenvalue weighted by molar-refractivity contribution is 9.11. The predicted octanol–water partition coefficient (Wildman–Crippen LogP) is 3.26. The first-order valence-electron chi connectivity index (χ1n) is 6.05. The first kappa shape index (κ1) is 12.6. The summed E-state index contributed by atoms with van der Waals surface area (Å²) in [5.74, 6) is -0.0377. The van der Waals surface area contributed by atoms with Crippen LogP contribution in [-0.4, -0.2) is 24.2 Å². The molecule has 2 heterocycles. The molecule has 0 saturated carbocycles.